The van der Waals surface area contributed by atoms with Crippen LogP contribution in [0.5, 0.6) is 0 Å². The minimum Gasteiger partial charge on any atom is -0.352 e. The molecule has 1 amide bonds. The van der Waals surface area contributed by atoms with Crippen molar-refractivity contribution < 1.29 is 22.7 Å². The number of nitrogens with zero attached hydrogens (tertiary/aromatic N) is 3. The molecule has 3 aliphatic heterocycles. The van der Waals surface area contributed by atoms with Gasteiger partial charge in [-0.2, -0.15) is 17.0 Å². The summed E-state index contributed by atoms with van der Waals surface area (Å²) in [6.45, 7) is 2.93. The predicted molar refractivity (Wildman–Crippen MR) is 105 cm³/mol. The number of pyridine rings is 1. The first-order valence-corrected chi connectivity index (χ1v) is 11.6. The van der Waals surface area contributed by atoms with E-state index in [1.165, 1.54) is 8.61 Å². The van der Waals surface area contributed by atoms with Gasteiger partial charge >= 0.3 is 0 Å². The number of amides is 1. The molecule has 0 unspecified atom stereocenters. The first-order chi connectivity index (χ1) is 14.0. The summed E-state index contributed by atoms with van der Waals surface area (Å²) in [6.07, 6.45) is 5.83. The maximum Gasteiger partial charge on any atom is 0.282 e. The molecular formula is C19H28N4O5S. The Balaban J connectivity index is 1.33. The Kier molecular flexibility index (Phi) is 6.16. The van der Waals surface area contributed by atoms with Crippen LogP contribution in [0, 0.1) is 5.92 Å². The molecule has 0 aliphatic carbocycles. The molecule has 29 heavy (non-hydrogen) atoms. The number of rotatable bonds is 5. The number of nitrogens with one attached hydrogen (secondary N) is 1. The molecule has 1 aromatic rings. The fourth-order valence-corrected chi connectivity index (χ4v) is 5.91. The van der Waals surface area contributed by atoms with Crippen molar-refractivity contribution in [2.75, 3.05) is 39.4 Å². The van der Waals surface area contributed by atoms with Gasteiger partial charge in [-0.3, -0.25) is 9.78 Å². The Morgan fingerprint density at radius 1 is 1.21 bits per heavy atom. The van der Waals surface area contributed by atoms with Gasteiger partial charge in [-0.1, -0.05) is 6.07 Å². The highest BCUT2D eigenvalue weighted by Crippen LogP contribution is 2.33. The van der Waals surface area contributed by atoms with Gasteiger partial charge in [0.2, 0.25) is 5.91 Å². The predicted octanol–water partition coefficient (Wildman–Crippen LogP) is 0.494. The minimum absolute atomic E-state index is 0.112. The number of piperidine rings is 2. The van der Waals surface area contributed by atoms with Crippen LogP contribution in [0.3, 0.4) is 0 Å². The number of carbonyl (C=O) groups excluding carboxylic acids is 1. The summed E-state index contributed by atoms with van der Waals surface area (Å²) < 4.78 is 40.6. The van der Waals surface area contributed by atoms with Gasteiger partial charge in [0.15, 0.2) is 5.79 Å². The number of ether oxygens (including phenoxy) is 2. The molecular weight excluding hydrogens is 396 g/mol. The average Bonchev–Trinajstić information content (AvgIpc) is 3.21. The van der Waals surface area contributed by atoms with Crippen LogP contribution in [-0.4, -0.2) is 73.1 Å². The summed E-state index contributed by atoms with van der Waals surface area (Å²) in [7, 11) is -3.60. The van der Waals surface area contributed by atoms with E-state index in [1.807, 2.05) is 12.1 Å². The minimum atomic E-state index is -3.60. The lowest BCUT2D eigenvalue weighted by atomic mass is 9.99. The van der Waals surface area contributed by atoms with E-state index in [1.54, 1.807) is 12.4 Å². The van der Waals surface area contributed by atoms with Crippen molar-refractivity contribution in [2.45, 2.75) is 38.0 Å². The molecule has 1 spiro atoms. The zero-order chi connectivity index (χ0) is 20.3. The molecule has 0 saturated carbocycles. The first kappa shape index (κ1) is 20.7. The van der Waals surface area contributed by atoms with Crippen LogP contribution in [-0.2, 0) is 31.0 Å². The SMILES string of the molecule is O=C(NCc1cccnc1)[C@H]1CCCN(S(=O)(=O)N2CCC3(CC2)OCCO3)C1. The third-order valence-electron chi connectivity index (χ3n) is 5.89. The topological polar surface area (TPSA) is 101 Å². The molecule has 9 nitrogen and oxygen atoms in total. The molecule has 10 heteroatoms. The van der Waals surface area contributed by atoms with Gasteiger partial charge in [0.25, 0.3) is 10.2 Å². The van der Waals surface area contributed by atoms with Crippen LogP contribution in [0.15, 0.2) is 24.5 Å². The van der Waals surface area contributed by atoms with Crippen LogP contribution < -0.4 is 5.32 Å². The Bertz CT molecular complexity index is 803. The highest BCUT2D eigenvalue weighted by molar-refractivity contribution is 7.86. The van der Waals surface area contributed by atoms with Gasteiger partial charge in [0.05, 0.1) is 19.1 Å². The quantitative estimate of drug-likeness (QED) is 0.739. The molecule has 1 atom stereocenters. The molecule has 3 fully saturated rings. The number of hydrogen-bond acceptors (Lipinski definition) is 6. The molecule has 1 N–H and O–H groups in total. The third-order valence-corrected chi connectivity index (χ3v) is 7.90. The second-order valence-electron chi connectivity index (χ2n) is 7.79. The monoisotopic (exact) mass is 424 g/mol. The van der Waals surface area contributed by atoms with Crippen molar-refractivity contribution in [3.63, 3.8) is 0 Å². The number of hydrogen-bond donors (Lipinski definition) is 1. The summed E-state index contributed by atoms with van der Waals surface area (Å²) in [5.74, 6) is -1.06. The van der Waals surface area contributed by atoms with Gasteiger partial charge in [0, 0.05) is 58.0 Å². The summed E-state index contributed by atoms with van der Waals surface area (Å²) >= 11 is 0. The van der Waals surface area contributed by atoms with E-state index < -0.39 is 16.0 Å². The van der Waals surface area contributed by atoms with Crippen LogP contribution in [0.4, 0.5) is 0 Å². The molecule has 4 heterocycles. The standard InChI is InChI=1S/C19H28N4O5S/c24-18(21-14-16-3-1-7-20-13-16)17-4-2-8-23(15-17)29(25,26)22-9-5-19(6-10-22)27-11-12-28-19/h1,3,7,13,17H,2,4-6,8-12,14-15H2,(H,21,24)/t17-/m0/s1. The van der Waals surface area contributed by atoms with Crippen LogP contribution in [0.25, 0.3) is 0 Å². The molecule has 0 radical (unpaired) electrons. The van der Waals surface area contributed by atoms with Crippen molar-refractivity contribution in [3.05, 3.63) is 30.1 Å². The summed E-state index contributed by atoms with van der Waals surface area (Å²) in [4.78, 5) is 16.6. The number of aromatic nitrogens is 1. The van der Waals surface area contributed by atoms with Crippen molar-refractivity contribution in [1.82, 2.24) is 18.9 Å². The van der Waals surface area contributed by atoms with Crippen LogP contribution >= 0.6 is 0 Å². The van der Waals surface area contributed by atoms with E-state index >= 15 is 0 Å². The van der Waals surface area contributed by atoms with E-state index in [4.69, 9.17) is 9.47 Å². The lowest BCUT2D eigenvalue weighted by molar-refractivity contribution is -0.179. The van der Waals surface area contributed by atoms with E-state index in [-0.39, 0.29) is 18.4 Å². The first-order valence-electron chi connectivity index (χ1n) is 10.2. The highest BCUT2D eigenvalue weighted by atomic mass is 32.2. The average molecular weight is 425 g/mol. The molecule has 1 aromatic heterocycles. The Morgan fingerprint density at radius 2 is 1.97 bits per heavy atom. The third kappa shape index (κ3) is 4.61. The summed E-state index contributed by atoms with van der Waals surface area (Å²) in [5.41, 5.74) is 0.916. The van der Waals surface area contributed by atoms with Crippen molar-refractivity contribution in [1.29, 1.82) is 0 Å². The van der Waals surface area contributed by atoms with Crippen molar-refractivity contribution in [3.8, 4) is 0 Å². The molecule has 0 aromatic carbocycles. The maximum atomic E-state index is 13.1. The summed E-state index contributed by atoms with van der Waals surface area (Å²) in [5, 5.41) is 2.91. The van der Waals surface area contributed by atoms with Gasteiger partial charge in [-0.05, 0) is 24.5 Å². The molecule has 4 rings (SSSR count). The Hall–Kier alpha value is -1.59. The molecule has 160 valence electrons. The van der Waals surface area contributed by atoms with Gasteiger partial charge in [-0.15, -0.1) is 0 Å². The zero-order valence-corrected chi connectivity index (χ0v) is 17.3. The largest absolute Gasteiger partial charge is 0.352 e. The summed E-state index contributed by atoms with van der Waals surface area (Å²) in [6, 6.07) is 3.71. The lowest BCUT2D eigenvalue weighted by Gasteiger charge is -2.40. The lowest BCUT2D eigenvalue weighted by Crippen LogP contribution is -2.54. The van der Waals surface area contributed by atoms with Gasteiger partial charge in [0.1, 0.15) is 0 Å². The zero-order valence-electron chi connectivity index (χ0n) is 16.5. The molecule has 0 bridgehead atoms. The second-order valence-corrected chi connectivity index (χ2v) is 9.72. The fraction of sp³-hybridized carbons (Fsp3) is 0.684. The smallest absolute Gasteiger partial charge is 0.282 e. The maximum absolute atomic E-state index is 13.1. The van der Waals surface area contributed by atoms with Crippen molar-refractivity contribution in [2.24, 2.45) is 5.92 Å². The van der Waals surface area contributed by atoms with Crippen LogP contribution in [0.2, 0.25) is 0 Å². The Labute approximate surface area is 171 Å². The van der Waals surface area contributed by atoms with Gasteiger partial charge < -0.3 is 14.8 Å². The highest BCUT2D eigenvalue weighted by Gasteiger charge is 2.44. The van der Waals surface area contributed by atoms with Crippen LogP contribution in [0.1, 0.15) is 31.2 Å². The van der Waals surface area contributed by atoms with Crippen molar-refractivity contribution >= 4 is 16.1 Å². The van der Waals surface area contributed by atoms with Gasteiger partial charge in [-0.25, -0.2) is 0 Å². The van der Waals surface area contributed by atoms with E-state index in [0.29, 0.717) is 65.1 Å². The molecule has 3 saturated heterocycles. The normalized spacial score (nSPS) is 25.9. The van der Waals surface area contributed by atoms with E-state index in [9.17, 15) is 13.2 Å². The van der Waals surface area contributed by atoms with E-state index in [2.05, 4.69) is 10.3 Å². The number of carbonyl (C=O) groups is 1. The second kappa shape index (κ2) is 8.65. The van der Waals surface area contributed by atoms with E-state index in [0.717, 1.165) is 5.56 Å². The Morgan fingerprint density at radius 3 is 2.66 bits per heavy atom. The molecule has 3 aliphatic rings. The fourth-order valence-electron chi connectivity index (χ4n) is 4.21.